The Balaban J connectivity index is 1.78. The molecule has 0 bridgehead atoms. The van der Waals surface area contributed by atoms with Gasteiger partial charge in [0.1, 0.15) is 29.7 Å². The summed E-state index contributed by atoms with van der Waals surface area (Å²) in [5.41, 5.74) is 8.86. The molecule has 0 spiro atoms. The van der Waals surface area contributed by atoms with Crippen LogP contribution in [0.1, 0.15) is 29.5 Å². The molecule has 7 heteroatoms. The van der Waals surface area contributed by atoms with Crippen LogP contribution in [0, 0.1) is 11.3 Å². The lowest BCUT2D eigenvalue weighted by Crippen LogP contribution is -2.21. The van der Waals surface area contributed by atoms with E-state index in [9.17, 15) is 10.4 Å². The first-order valence-electron chi connectivity index (χ1n) is 10.0. The van der Waals surface area contributed by atoms with Crippen LogP contribution in [0.4, 0.5) is 0 Å². The first-order valence-corrected chi connectivity index (χ1v) is 10.8. The van der Waals surface area contributed by atoms with Crippen molar-refractivity contribution in [1.29, 1.82) is 5.26 Å². The minimum Gasteiger partial charge on any atom is -0.508 e. The molecule has 3 aromatic rings. The lowest BCUT2D eigenvalue weighted by molar-refractivity contribution is 0.269. The zero-order chi connectivity index (χ0) is 22.7. The van der Waals surface area contributed by atoms with E-state index in [2.05, 4.69) is 22.0 Å². The Bertz CT molecular complexity index is 1220. The van der Waals surface area contributed by atoms with Gasteiger partial charge in [-0.25, -0.2) is 0 Å². The number of phenolic OH excluding ortho intramolecular Hbond substituents is 1. The second-order valence-corrected chi connectivity index (χ2v) is 8.03. The van der Waals surface area contributed by atoms with Gasteiger partial charge in [0.2, 0.25) is 5.88 Å². The van der Waals surface area contributed by atoms with Crippen molar-refractivity contribution in [3.8, 4) is 29.1 Å². The lowest BCUT2D eigenvalue weighted by atomic mass is 9.83. The van der Waals surface area contributed by atoms with Gasteiger partial charge >= 0.3 is 0 Å². The average Bonchev–Trinajstić information content (AvgIpc) is 2.79. The molecule has 1 heterocycles. The van der Waals surface area contributed by atoms with Crippen molar-refractivity contribution in [2.45, 2.75) is 19.4 Å². The summed E-state index contributed by atoms with van der Waals surface area (Å²) in [7, 11) is 0. The molecular weight excluding hydrogens is 472 g/mol. The number of allylic oxidation sites excluding steroid dienone is 1. The van der Waals surface area contributed by atoms with E-state index in [1.165, 1.54) is 6.07 Å². The number of rotatable bonds is 6. The molecule has 1 atom stereocenters. The molecular formula is C25H21BrN2O4. The molecule has 0 aliphatic carbocycles. The monoisotopic (exact) mass is 492 g/mol. The number of nitriles is 1. The normalized spacial score (nSPS) is 14.8. The summed E-state index contributed by atoms with van der Waals surface area (Å²) in [4.78, 5) is 0. The Morgan fingerprint density at radius 1 is 1.06 bits per heavy atom. The van der Waals surface area contributed by atoms with Crippen LogP contribution in [0.15, 0.2) is 76.6 Å². The molecule has 0 saturated carbocycles. The molecule has 1 aliphatic rings. The third kappa shape index (κ3) is 4.23. The van der Waals surface area contributed by atoms with Gasteiger partial charge in [-0.1, -0.05) is 52.3 Å². The fourth-order valence-corrected chi connectivity index (χ4v) is 4.20. The van der Waals surface area contributed by atoms with Crippen molar-refractivity contribution in [1.82, 2.24) is 0 Å². The van der Waals surface area contributed by atoms with Gasteiger partial charge in [0.15, 0.2) is 11.5 Å². The van der Waals surface area contributed by atoms with Crippen LogP contribution < -0.4 is 19.9 Å². The maximum absolute atomic E-state index is 9.86. The second-order valence-electron chi connectivity index (χ2n) is 7.17. The molecule has 3 aromatic carbocycles. The SMILES string of the molecule is CCOc1cc([C@@H]2C(C#N)=C(N)Oc3cc(O)ccc32)c(Br)cc1OCc1ccccc1. The maximum atomic E-state index is 9.86. The Morgan fingerprint density at radius 2 is 1.81 bits per heavy atom. The lowest BCUT2D eigenvalue weighted by Gasteiger charge is -2.28. The summed E-state index contributed by atoms with van der Waals surface area (Å²) in [6.07, 6.45) is 0. The molecule has 162 valence electrons. The van der Waals surface area contributed by atoms with Gasteiger partial charge < -0.3 is 25.1 Å². The highest BCUT2D eigenvalue weighted by Crippen LogP contribution is 2.47. The van der Waals surface area contributed by atoms with E-state index in [0.29, 0.717) is 30.5 Å². The van der Waals surface area contributed by atoms with Crippen LogP contribution in [0.3, 0.4) is 0 Å². The smallest absolute Gasteiger partial charge is 0.205 e. The first kappa shape index (κ1) is 21.6. The molecule has 0 saturated heterocycles. The standard InChI is InChI=1S/C25H21BrN2O4/c1-2-30-22-11-18(20(26)12-23(22)31-14-15-6-4-3-5-7-15)24-17-9-8-16(29)10-21(17)32-25(28)19(24)13-27/h3-12,24,29H,2,14,28H2,1H3/t24-/m1/s1. The van der Waals surface area contributed by atoms with E-state index in [-0.39, 0.29) is 17.2 Å². The first-order chi connectivity index (χ1) is 15.5. The van der Waals surface area contributed by atoms with Crippen molar-refractivity contribution in [3.05, 3.63) is 93.3 Å². The van der Waals surface area contributed by atoms with E-state index >= 15 is 0 Å². The van der Waals surface area contributed by atoms with E-state index in [4.69, 9.17) is 19.9 Å². The van der Waals surface area contributed by atoms with E-state index in [0.717, 1.165) is 21.2 Å². The Kier molecular flexibility index (Phi) is 6.24. The fourth-order valence-electron chi connectivity index (χ4n) is 3.65. The van der Waals surface area contributed by atoms with Crippen molar-refractivity contribution in [3.63, 3.8) is 0 Å². The molecule has 0 aromatic heterocycles. The summed E-state index contributed by atoms with van der Waals surface area (Å²) < 4.78 is 18.2. The molecule has 1 aliphatic heterocycles. The minimum atomic E-state index is -0.499. The highest BCUT2D eigenvalue weighted by molar-refractivity contribution is 9.10. The van der Waals surface area contributed by atoms with Gasteiger partial charge in [0.05, 0.1) is 12.5 Å². The summed E-state index contributed by atoms with van der Waals surface area (Å²) in [6.45, 7) is 2.74. The predicted molar refractivity (Wildman–Crippen MR) is 123 cm³/mol. The molecule has 0 unspecified atom stereocenters. The van der Waals surface area contributed by atoms with Gasteiger partial charge in [-0.2, -0.15) is 5.26 Å². The topological polar surface area (TPSA) is 97.7 Å². The second kappa shape index (κ2) is 9.25. The number of hydrogen-bond donors (Lipinski definition) is 2. The summed E-state index contributed by atoms with van der Waals surface area (Å²) in [5, 5.41) is 19.7. The molecule has 6 nitrogen and oxygen atoms in total. The van der Waals surface area contributed by atoms with Crippen LogP contribution in [-0.2, 0) is 6.61 Å². The van der Waals surface area contributed by atoms with Crippen LogP contribution in [-0.4, -0.2) is 11.7 Å². The quantitative estimate of drug-likeness (QED) is 0.481. The number of fused-ring (bicyclic) bond motifs is 1. The summed E-state index contributed by atoms with van der Waals surface area (Å²) >= 11 is 3.64. The molecule has 4 rings (SSSR count). The highest BCUT2D eigenvalue weighted by atomic mass is 79.9. The summed E-state index contributed by atoms with van der Waals surface area (Å²) in [5.74, 6) is 1.10. The van der Waals surface area contributed by atoms with Gasteiger partial charge in [-0.05, 0) is 36.2 Å². The van der Waals surface area contributed by atoms with Crippen molar-refractivity contribution in [2.75, 3.05) is 6.61 Å². The third-order valence-electron chi connectivity index (χ3n) is 5.11. The zero-order valence-electron chi connectivity index (χ0n) is 17.3. The maximum Gasteiger partial charge on any atom is 0.205 e. The fraction of sp³-hybridized carbons (Fsp3) is 0.160. The van der Waals surface area contributed by atoms with Crippen molar-refractivity contribution in [2.24, 2.45) is 5.73 Å². The molecule has 0 amide bonds. The summed E-state index contributed by atoms with van der Waals surface area (Å²) in [6, 6.07) is 20.5. The number of nitrogens with two attached hydrogens (primary N) is 1. The van der Waals surface area contributed by atoms with E-state index in [1.807, 2.05) is 49.4 Å². The minimum absolute atomic E-state index is 0.00450. The molecule has 0 fully saturated rings. The van der Waals surface area contributed by atoms with Gasteiger partial charge in [-0.3, -0.25) is 0 Å². The number of benzene rings is 3. The molecule has 3 N–H and O–H groups in total. The van der Waals surface area contributed by atoms with Crippen LogP contribution in [0.25, 0.3) is 0 Å². The average molecular weight is 493 g/mol. The largest absolute Gasteiger partial charge is 0.508 e. The van der Waals surface area contributed by atoms with E-state index in [1.54, 1.807) is 12.1 Å². The Hall–Kier alpha value is -3.63. The number of hydrogen-bond acceptors (Lipinski definition) is 6. The zero-order valence-corrected chi connectivity index (χ0v) is 18.9. The van der Waals surface area contributed by atoms with Crippen molar-refractivity contribution < 1.29 is 19.3 Å². The third-order valence-corrected chi connectivity index (χ3v) is 5.80. The number of halogens is 1. The predicted octanol–water partition coefficient (Wildman–Crippen LogP) is 5.35. The Labute approximate surface area is 194 Å². The number of aromatic hydroxyl groups is 1. The van der Waals surface area contributed by atoms with Gasteiger partial charge in [0.25, 0.3) is 0 Å². The van der Waals surface area contributed by atoms with Gasteiger partial charge in [-0.15, -0.1) is 0 Å². The number of phenols is 1. The highest BCUT2D eigenvalue weighted by Gasteiger charge is 2.33. The van der Waals surface area contributed by atoms with Crippen LogP contribution in [0.5, 0.6) is 23.0 Å². The Morgan fingerprint density at radius 3 is 2.53 bits per heavy atom. The molecule has 0 radical (unpaired) electrons. The van der Waals surface area contributed by atoms with Crippen LogP contribution >= 0.6 is 15.9 Å². The number of ether oxygens (including phenoxy) is 3. The van der Waals surface area contributed by atoms with Crippen molar-refractivity contribution >= 4 is 15.9 Å². The van der Waals surface area contributed by atoms with E-state index < -0.39 is 5.92 Å². The van der Waals surface area contributed by atoms with Crippen LogP contribution in [0.2, 0.25) is 0 Å². The molecule has 32 heavy (non-hydrogen) atoms. The number of nitrogens with zero attached hydrogens (tertiary/aromatic N) is 1. The van der Waals surface area contributed by atoms with Gasteiger partial charge in [0, 0.05) is 16.1 Å².